The van der Waals surface area contributed by atoms with Gasteiger partial charge in [0.25, 0.3) is 5.22 Å². The van der Waals surface area contributed by atoms with Crippen molar-refractivity contribution in [2.24, 2.45) is 0 Å². The second-order valence-corrected chi connectivity index (χ2v) is 6.31. The minimum Gasteiger partial charge on any atom is -0.497 e. The van der Waals surface area contributed by atoms with E-state index in [2.05, 4.69) is 10.2 Å². The van der Waals surface area contributed by atoms with Crippen molar-refractivity contribution in [3.8, 4) is 28.7 Å². The van der Waals surface area contributed by atoms with E-state index >= 15 is 0 Å². The van der Waals surface area contributed by atoms with Gasteiger partial charge in [0.15, 0.2) is 5.78 Å². The number of thioether (sulfide) groups is 1. The summed E-state index contributed by atoms with van der Waals surface area (Å²) in [5, 5.41) is 8.32. The van der Waals surface area contributed by atoms with E-state index in [4.69, 9.17) is 18.6 Å². The van der Waals surface area contributed by atoms with Gasteiger partial charge in [-0.05, 0) is 42.5 Å². The number of ether oxygens (including phenoxy) is 3. The van der Waals surface area contributed by atoms with Gasteiger partial charge in [-0.15, -0.1) is 10.2 Å². The van der Waals surface area contributed by atoms with Crippen molar-refractivity contribution in [1.82, 2.24) is 10.2 Å². The molecule has 3 aromatic rings. The molecule has 0 N–H and O–H groups in total. The maximum atomic E-state index is 12.6. The molecule has 27 heavy (non-hydrogen) atoms. The molecular weight excluding hydrogens is 368 g/mol. The molecule has 0 aliphatic rings. The zero-order chi connectivity index (χ0) is 19.2. The number of aromatic nitrogens is 2. The van der Waals surface area contributed by atoms with Gasteiger partial charge in [-0.2, -0.15) is 0 Å². The van der Waals surface area contributed by atoms with Crippen LogP contribution < -0.4 is 14.2 Å². The first-order valence-corrected chi connectivity index (χ1v) is 8.99. The molecule has 0 atom stereocenters. The van der Waals surface area contributed by atoms with E-state index < -0.39 is 0 Å². The van der Waals surface area contributed by atoms with E-state index in [9.17, 15) is 4.79 Å². The first kappa shape index (κ1) is 18.8. The molecule has 1 heterocycles. The van der Waals surface area contributed by atoms with Gasteiger partial charge in [-0.25, -0.2) is 0 Å². The molecule has 2 aromatic carbocycles. The van der Waals surface area contributed by atoms with Crippen LogP contribution in [0.2, 0.25) is 0 Å². The standard InChI is InChI=1S/C19H18N2O5S/c1-23-13-6-4-12(5-7-13)18-20-21-19(26-18)27-11-16(22)15-10-14(24-2)8-9-17(15)25-3/h4-10H,11H2,1-3H3. The van der Waals surface area contributed by atoms with Crippen LogP contribution in [-0.4, -0.2) is 43.1 Å². The Bertz CT molecular complexity index is 924. The molecule has 0 bridgehead atoms. The molecule has 3 rings (SSSR count). The molecule has 0 amide bonds. The number of rotatable bonds is 8. The zero-order valence-electron chi connectivity index (χ0n) is 15.1. The van der Waals surface area contributed by atoms with Crippen molar-refractivity contribution in [2.45, 2.75) is 5.22 Å². The maximum Gasteiger partial charge on any atom is 0.277 e. The molecule has 0 saturated heterocycles. The van der Waals surface area contributed by atoms with E-state index in [1.807, 2.05) is 24.3 Å². The summed E-state index contributed by atoms with van der Waals surface area (Å²) in [6.45, 7) is 0. The van der Waals surface area contributed by atoms with Gasteiger partial charge in [0.05, 0.1) is 32.6 Å². The molecule has 7 nitrogen and oxygen atoms in total. The van der Waals surface area contributed by atoms with Crippen molar-refractivity contribution >= 4 is 17.5 Å². The van der Waals surface area contributed by atoms with E-state index in [1.165, 1.54) is 18.9 Å². The van der Waals surface area contributed by atoms with Crippen LogP contribution in [0.4, 0.5) is 0 Å². The SMILES string of the molecule is COc1ccc(-c2nnc(SCC(=O)c3cc(OC)ccc3OC)o2)cc1. The fraction of sp³-hybridized carbons (Fsp3) is 0.211. The number of carbonyl (C=O) groups is 1. The Morgan fingerprint density at radius 2 is 1.67 bits per heavy atom. The Hall–Kier alpha value is -3.00. The predicted molar refractivity (Wildman–Crippen MR) is 101 cm³/mol. The lowest BCUT2D eigenvalue weighted by molar-refractivity contribution is 0.101. The maximum absolute atomic E-state index is 12.6. The third-order valence-corrected chi connectivity index (χ3v) is 4.60. The van der Waals surface area contributed by atoms with Crippen molar-refractivity contribution in [3.05, 3.63) is 48.0 Å². The largest absolute Gasteiger partial charge is 0.497 e. The quantitative estimate of drug-likeness (QED) is 0.428. The Morgan fingerprint density at radius 3 is 2.33 bits per heavy atom. The van der Waals surface area contributed by atoms with Crippen molar-refractivity contribution < 1.29 is 23.4 Å². The molecule has 1 aromatic heterocycles. The number of benzene rings is 2. The molecule has 0 radical (unpaired) electrons. The fourth-order valence-electron chi connectivity index (χ4n) is 2.36. The lowest BCUT2D eigenvalue weighted by atomic mass is 10.1. The number of methoxy groups -OCH3 is 3. The molecule has 8 heteroatoms. The van der Waals surface area contributed by atoms with E-state index in [0.29, 0.717) is 28.2 Å². The molecule has 0 spiro atoms. The number of ketones is 1. The van der Waals surface area contributed by atoms with Gasteiger partial charge < -0.3 is 18.6 Å². The second kappa shape index (κ2) is 8.59. The highest BCUT2D eigenvalue weighted by Gasteiger charge is 2.16. The normalized spacial score (nSPS) is 10.5. The number of hydrogen-bond donors (Lipinski definition) is 0. The van der Waals surface area contributed by atoms with Crippen LogP contribution in [0.25, 0.3) is 11.5 Å². The summed E-state index contributed by atoms with van der Waals surface area (Å²) in [6, 6.07) is 12.4. The lowest BCUT2D eigenvalue weighted by Gasteiger charge is -2.08. The first-order chi connectivity index (χ1) is 13.1. The zero-order valence-corrected chi connectivity index (χ0v) is 15.9. The summed E-state index contributed by atoms with van der Waals surface area (Å²) >= 11 is 1.17. The molecule has 0 saturated carbocycles. The Morgan fingerprint density at radius 1 is 0.963 bits per heavy atom. The summed E-state index contributed by atoms with van der Waals surface area (Å²) in [6.07, 6.45) is 0. The second-order valence-electron chi connectivity index (χ2n) is 5.38. The first-order valence-electron chi connectivity index (χ1n) is 8.00. The summed E-state index contributed by atoms with van der Waals surface area (Å²) in [7, 11) is 4.67. The van der Waals surface area contributed by atoms with Crippen LogP contribution in [0.15, 0.2) is 52.1 Å². The average molecular weight is 386 g/mol. The minimum atomic E-state index is -0.125. The van der Waals surface area contributed by atoms with Gasteiger partial charge >= 0.3 is 0 Å². The third-order valence-electron chi connectivity index (χ3n) is 3.78. The number of Topliss-reactive ketones (excluding diaryl/α,β-unsaturated/α-hetero) is 1. The molecule has 0 unspecified atom stereocenters. The fourth-order valence-corrected chi connectivity index (χ4v) is 3.00. The highest BCUT2D eigenvalue weighted by Crippen LogP contribution is 2.28. The minimum absolute atomic E-state index is 0.125. The molecule has 0 fully saturated rings. The lowest BCUT2D eigenvalue weighted by Crippen LogP contribution is -2.05. The van der Waals surface area contributed by atoms with E-state index in [-0.39, 0.29) is 11.5 Å². The van der Waals surface area contributed by atoms with Crippen LogP contribution in [0.3, 0.4) is 0 Å². The third kappa shape index (κ3) is 4.40. The number of hydrogen-bond acceptors (Lipinski definition) is 8. The molecule has 0 aliphatic heterocycles. The topological polar surface area (TPSA) is 83.7 Å². The highest BCUT2D eigenvalue weighted by atomic mass is 32.2. The molecular formula is C19H18N2O5S. The monoisotopic (exact) mass is 386 g/mol. The number of nitrogens with zero attached hydrogens (tertiary/aromatic N) is 2. The van der Waals surface area contributed by atoms with E-state index in [0.717, 1.165) is 11.3 Å². The van der Waals surface area contributed by atoms with Crippen LogP contribution >= 0.6 is 11.8 Å². The van der Waals surface area contributed by atoms with Gasteiger partial charge in [0.2, 0.25) is 5.89 Å². The summed E-state index contributed by atoms with van der Waals surface area (Å²) in [4.78, 5) is 12.6. The van der Waals surface area contributed by atoms with Crippen LogP contribution in [0, 0.1) is 0 Å². The van der Waals surface area contributed by atoms with Gasteiger partial charge in [0.1, 0.15) is 17.2 Å². The van der Waals surface area contributed by atoms with Crippen LogP contribution in [0.5, 0.6) is 17.2 Å². The van der Waals surface area contributed by atoms with Gasteiger partial charge in [0, 0.05) is 5.56 Å². The Labute approximate surface area is 160 Å². The molecule has 0 aliphatic carbocycles. The van der Waals surface area contributed by atoms with Crippen LogP contribution in [-0.2, 0) is 0 Å². The van der Waals surface area contributed by atoms with E-state index in [1.54, 1.807) is 32.4 Å². The highest BCUT2D eigenvalue weighted by molar-refractivity contribution is 7.99. The summed E-state index contributed by atoms with van der Waals surface area (Å²) in [5.74, 6) is 2.21. The smallest absolute Gasteiger partial charge is 0.277 e. The number of carbonyl (C=O) groups excluding carboxylic acids is 1. The average Bonchev–Trinajstić information content (AvgIpc) is 3.20. The van der Waals surface area contributed by atoms with Gasteiger partial charge in [-0.3, -0.25) is 4.79 Å². The van der Waals surface area contributed by atoms with Crippen LogP contribution in [0.1, 0.15) is 10.4 Å². The van der Waals surface area contributed by atoms with Crippen molar-refractivity contribution in [1.29, 1.82) is 0 Å². The summed E-state index contributed by atoms with van der Waals surface area (Å²) in [5.41, 5.74) is 1.22. The molecule has 140 valence electrons. The van der Waals surface area contributed by atoms with Gasteiger partial charge in [-0.1, -0.05) is 11.8 Å². The Balaban J connectivity index is 1.68. The summed E-state index contributed by atoms with van der Waals surface area (Å²) < 4.78 is 21.2. The van der Waals surface area contributed by atoms with Crippen molar-refractivity contribution in [2.75, 3.05) is 27.1 Å². The van der Waals surface area contributed by atoms with Crippen molar-refractivity contribution in [3.63, 3.8) is 0 Å². The Kier molecular flexibility index (Phi) is 5.97. The predicted octanol–water partition coefficient (Wildman–Crippen LogP) is 3.74.